The van der Waals surface area contributed by atoms with Crippen LogP contribution in [0.5, 0.6) is 5.75 Å². The highest BCUT2D eigenvalue weighted by molar-refractivity contribution is 5.93. The predicted octanol–water partition coefficient (Wildman–Crippen LogP) is 2.82. The van der Waals surface area contributed by atoms with Crippen molar-refractivity contribution in [3.63, 3.8) is 0 Å². The van der Waals surface area contributed by atoms with Crippen LogP contribution in [0.3, 0.4) is 0 Å². The van der Waals surface area contributed by atoms with Crippen LogP contribution in [0.25, 0.3) is 10.8 Å². The minimum absolute atomic E-state index is 0.145. The maximum Gasteiger partial charge on any atom is 0.251 e. The molecule has 0 saturated heterocycles. The van der Waals surface area contributed by atoms with Gasteiger partial charge in [-0.2, -0.15) is 0 Å². The van der Waals surface area contributed by atoms with E-state index in [0.717, 1.165) is 50.0 Å². The van der Waals surface area contributed by atoms with E-state index in [1.165, 1.54) is 16.3 Å². The van der Waals surface area contributed by atoms with Crippen LogP contribution >= 0.6 is 0 Å². The molecule has 33 heavy (non-hydrogen) atoms. The fourth-order valence-electron chi connectivity index (χ4n) is 4.37. The Bertz CT molecular complexity index is 1270. The quantitative estimate of drug-likeness (QED) is 0.494. The molecule has 5 rings (SSSR count). The van der Waals surface area contributed by atoms with Gasteiger partial charge in [-0.1, -0.05) is 30.3 Å². The van der Waals surface area contributed by atoms with Crippen molar-refractivity contribution in [2.45, 2.75) is 26.1 Å². The van der Waals surface area contributed by atoms with E-state index in [2.05, 4.69) is 60.3 Å². The van der Waals surface area contributed by atoms with E-state index in [-0.39, 0.29) is 5.91 Å². The van der Waals surface area contributed by atoms with Crippen molar-refractivity contribution in [1.82, 2.24) is 30.0 Å². The van der Waals surface area contributed by atoms with E-state index in [4.69, 9.17) is 4.74 Å². The van der Waals surface area contributed by atoms with Crippen LogP contribution in [-0.2, 0) is 26.1 Å². The average molecular weight is 443 g/mol. The summed E-state index contributed by atoms with van der Waals surface area (Å²) in [6.45, 7) is 3.66. The Balaban J connectivity index is 1.28. The predicted molar refractivity (Wildman–Crippen MR) is 125 cm³/mol. The topological polar surface area (TPSA) is 85.2 Å². The molecule has 0 atom stereocenters. The molecular formula is C25H26N6O2. The van der Waals surface area contributed by atoms with Crippen LogP contribution in [-0.4, -0.2) is 50.8 Å². The summed E-state index contributed by atoms with van der Waals surface area (Å²) in [6.07, 6.45) is 4.02. The molecule has 0 bridgehead atoms. The maximum absolute atomic E-state index is 12.4. The van der Waals surface area contributed by atoms with Crippen LogP contribution in [0.15, 0.2) is 60.9 Å². The number of ether oxygens (including phenoxy) is 1. The number of nitrogens with one attached hydrogen (secondary N) is 1. The van der Waals surface area contributed by atoms with Gasteiger partial charge in [0, 0.05) is 56.1 Å². The summed E-state index contributed by atoms with van der Waals surface area (Å²) < 4.78 is 7.82. The molecule has 0 aliphatic carbocycles. The molecule has 1 aliphatic heterocycles. The number of rotatable bonds is 6. The van der Waals surface area contributed by atoms with Crippen LogP contribution < -0.4 is 10.1 Å². The maximum atomic E-state index is 12.4. The first-order chi connectivity index (χ1) is 16.2. The van der Waals surface area contributed by atoms with Gasteiger partial charge in [0.15, 0.2) is 5.82 Å². The Morgan fingerprint density at radius 1 is 1.03 bits per heavy atom. The van der Waals surface area contributed by atoms with Crippen molar-refractivity contribution in [3.05, 3.63) is 83.7 Å². The molecule has 0 radical (unpaired) electrons. The minimum atomic E-state index is -0.145. The van der Waals surface area contributed by atoms with Crippen LogP contribution in [0.2, 0.25) is 0 Å². The summed E-state index contributed by atoms with van der Waals surface area (Å²) in [7, 11) is 1.73. The van der Waals surface area contributed by atoms with Gasteiger partial charge in [-0.05, 0) is 29.0 Å². The largest absolute Gasteiger partial charge is 0.496 e. The highest BCUT2D eigenvalue weighted by Crippen LogP contribution is 2.29. The molecule has 8 heteroatoms. The van der Waals surface area contributed by atoms with Gasteiger partial charge in [0.25, 0.3) is 5.91 Å². The number of carbonyl (C=O) groups excluding carboxylic acids is 1. The fraction of sp³-hybridized carbons (Fsp3) is 0.280. The molecule has 1 N–H and O–H groups in total. The van der Waals surface area contributed by atoms with Gasteiger partial charge in [0.1, 0.15) is 11.6 Å². The monoisotopic (exact) mass is 442 g/mol. The van der Waals surface area contributed by atoms with E-state index < -0.39 is 0 Å². The van der Waals surface area contributed by atoms with Crippen molar-refractivity contribution in [3.8, 4) is 5.75 Å². The van der Waals surface area contributed by atoms with Crippen molar-refractivity contribution in [2.75, 3.05) is 20.2 Å². The van der Waals surface area contributed by atoms with Crippen molar-refractivity contribution in [1.29, 1.82) is 0 Å². The smallest absolute Gasteiger partial charge is 0.251 e. The molecule has 0 spiro atoms. The van der Waals surface area contributed by atoms with E-state index >= 15 is 0 Å². The van der Waals surface area contributed by atoms with Gasteiger partial charge in [0.05, 0.1) is 13.7 Å². The van der Waals surface area contributed by atoms with Crippen LogP contribution in [0.4, 0.5) is 0 Å². The zero-order valence-corrected chi connectivity index (χ0v) is 18.6. The number of aromatic nitrogens is 4. The third-order valence-corrected chi connectivity index (χ3v) is 6.14. The number of carbonyl (C=O) groups is 1. The van der Waals surface area contributed by atoms with Crippen molar-refractivity contribution >= 4 is 16.7 Å². The second kappa shape index (κ2) is 9.38. The molecular weight excluding hydrogens is 416 g/mol. The molecule has 1 aliphatic rings. The number of pyridine rings is 1. The summed E-state index contributed by atoms with van der Waals surface area (Å²) in [5.41, 5.74) is 1.79. The Kier molecular flexibility index (Phi) is 5.99. The van der Waals surface area contributed by atoms with Gasteiger partial charge in [-0.15, -0.1) is 10.2 Å². The van der Waals surface area contributed by atoms with E-state index in [0.29, 0.717) is 12.1 Å². The summed E-state index contributed by atoms with van der Waals surface area (Å²) in [4.78, 5) is 18.8. The number of fused-ring (bicyclic) bond motifs is 2. The molecule has 8 nitrogen and oxygen atoms in total. The van der Waals surface area contributed by atoms with Gasteiger partial charge >= 0.3 is 0 Å². The number of benzene rings is 2. The van der Waals surface area contributed by atoms with Crippen LogP contribution in [0.1, 0.15) is 27.6 Å². The minimum Gasteiger partial charge on any atom is -0.496 e. The number of hydrogen-bond acceptors (Lipinski definition) is 6. The third kappa shape index (κ3) is 4.42. The fourth-order valence-corrected chi connectivity index (χ4v) is 4.37. The Morgan fingerprint density at radius 3 is 2.73 bits per heavy atom. The second-order valence-electron chi connectivity index (χ2n) is 8.10. The normalized spacial score (nSPS) is 14.0. The Labute approximate surface area is 192 Å². The second-order valence-corrected chi connectivity index (χ2v) is 8.10. The molecule has 0 unspecified atom stereocenters. The summed E-state index contributed by atoms with van der Waals surface area (Å²) in [5, 5.41) is 14.1. The summed E-state index contributed by atoms with van der Waals surface area (Å²) >= 11 is 0. The third-order valence-electron chi connectivity index (χ3n) is 6.14. The molecule has 0 fully saturated rings. The lowest BCUT2D eigenvalue weighted by atomic mass is 10.0. The zero-order chi connectivity index (χ0) is 22.6. The number of hydrogen-bond donors (Lipinski definition) is 1. The van der Waals surface area contributed by atoms with E-state index in [1.807, 2.05) is 6.07 Å². The number of nitrogens with zero attached hydrogens (tertiary/aromatic N) is 5. The van der Waals surface area contributed by atoms with Crippen molar-refractivity contribution in [2.24, 2.45) is 0 Å². The van der Waals surface area contributed by atoms with Gasteiger partial charge in [0.2, 0.25) is 0 Å². The van der Waals surface area contributed by atoms with Gasteiger partial charge < -0.3 is 14.6 Å². The summed E-state index contributed by atoms with van der Waals surface area (Å²) in [5.74, 6) is 2.50. The molecule has 2 aromatic heterocycles. The lowest BCUT2D eigenvalue weighted by Crippen LogP contribution is -2.28. The first kappa shape index (κ1) is 21.1. The highest BCUT2D eigenvalue weighted by atomic mass is 16.5. The molecule has 0 saturated carbocycles. The van der Waals surface area contributed by atoms with E-state index in [9.17, 15) is 4.79 Å². The lowest BCUT2D eigenvalue weighted by Gasteiger charge is -2.22. The molecule has 2 aromatic carbocycles. The van der Waals surface area contributed by atoms with Crippen molar-refractivity contribution < 1.29 is 9.53 Å². The molecule has 1 amide bonds. The standard InChI is InChI=1S/C25H26N6O2/c1-33-22-7-6-18-4-2-3-5-20(18)21(22)17-30-13-10-23-28-29-24(31(23)15-14-30)16-27-25(32)19-8-11-26-12-9-19/h2-9,11-12H,10,13-17H2,1H3,(H,27,32). The summed E-state index contributed by atoms with van der Waals surface area (Å²) in [6, 6.07) is 16.0. The Hall–Kier alpha value is -3.78. The average Bonchev–Trinajstić information content (AvgIpc) is 3.14. The van der Waals surface area contributed by atoms with Gasteiger partial charge in [-0.3, -0.25) is 14.7 Å². The first-order valence-corrected chi connectivity index (χ1v) is 11.1. The zero-order valence-electron chi connectivity index (χ0n) is 18.6. The highest BCUT2D eigenvalue weighted by Gasteiger charge is 2.21. The van der Waals surface area contributed by atoms with Crippen LogP contribution in [0, 0.1) is 0 Å². The SMILES string of the molecule is COc1ccc2ccccc2c1CN1CCc2nnc(CNC(=O)c3ccncc3)n2CC1. The van der Waals surface area contributed by atoms with Gasteiger partial charge in [-0.25, -0.2) is 0 Å². The molecule has 3 heterocycles. The molecule has 168 valence electrons. The Morgan fingerprint density at radius 2 is 1.88 bits per heavy atom. The number of methoxy groups -OCH3 is 1. The van der Waals surface area contributed by atoms with E-state index in [1.54, 1.807) is 31.6 Å². The lowest BCUT2D eigenvalue weighted by molar-refractivity contribution is 0.0949. The number of amides is 1. The first-order valence-electron chi connectivity index (χ1n) is 11.1. The molecule has 4 aromatic rings.